The van der Waals surface area contributed by atoms with E-state index in [0.717, 1.165) is 15.7 Å². The van der Waals surface area contributed by atoms with Gasteiger partial charge in [-0.2, -0.15) is 22.8 Å². The lowest BCUT2D eigenvalue weighted by atomic mass is 10.4. The van der Waals surface area contributed by atoms with Crippen molar-refractivity contribution in [1.82, 2.24) is 24.1 Å². The highest BCUT2D eigenvalue weighted by atomic mass is 32.2. The number of methoxy groups -OCH3 is 1. The smallest absolute Gasteiger partial charge is 0.335 e. The lowest BCUT2D eigenvalue weighted by Gasteiger charge is -2.08. The maximum absolute atomic E-state index is 13.8. The highest BCUT2D eigenvalue weighted by Gasteiger charge is 2.28. The lowest BCUT2D eigenvalue weighted by Crippen LogP contribution is -2.35. The number of thiazole rings is 1. The lowest BCUT2D eigenvalue weighted by molar-refractivity contribution is 0.256. The monoisotopic (exact) mass is 386 g/mol. The summed E-state index contributed by atoms with van der Waals surface area (Å²) < 4.78 is 46.1. The van der Waals surface area contributed by atoms with Gasteiger partial charge in [-0.15, -0.1) is 11.3 Å². The molecule has 0 aliphatic heterocycles. The van der Waals surface area contributed by atoms with Gasteiger partial charge in [0, 0.05) is 23.3 Å². The zero-order valence-electron chi connectivity index (χ0n) is 12.8. The molecule has 10 nitrogen and oxygen atoms in total. The van der Waals surface area contributed by atoms with Gasteiger partial charge in [0.2, 0.25) is 16.9 Å². The average Bonchev–Trinajstić information content (AvgIpc) is 3.04. The van der Waals surface area contributed by atoms with Crippen LogP contribution in [0.3, 0.4) is 0 Å². The Morgan fingerprint density at radius 2 is 2.12 bits per heavy atom. The molecule has 0 aromatic carbocycles. The van der Waals surface area contributed by atoms with E-state index in [1.165, 1.54) is 24.8 Å². The predicted molar refractivity (Wildman–Crippen MR) is 85.7 cm³/mol. The van der Waals surface area contributed by atoms with Crippen molar-refractivity contribution in [3.8, 4) is 5.88 Å². The van der Waals surface area contributed by atoms with Gasteiger partial charge in [-0.05, 0) is 6.92 Å². The van der Waals surface area contributed by atoms with Gasteiger partial charge in [0.25, 0.3) is 16.0 Å². The first-order valence-electron chi connectivity index (χ1n) is 6.64. The number of carbonyl (C=O) groups is 1. The van der Waals surface area contributed by atoms with E-state index in [1.54, 1.807) is 11.6 Å². The number of amides is 2. The van der Waals surface area contributed by atoms with Crippen LogP contribution in [0, 0.1) is 12.9 Å². The SMILES string of the molecule is COc1cc(C)nc(NC(=O)NS(=O)(=O)c2c(F)nc3sccn23)n1. The summed E-state index contributed by atoms with van der Waals surface area (Å²) >= 11 is 1.05. The van der Waals surface area contributed by atoms with E-state index in [2.05, 4.69) is 20.3 Å². The van der Waals surface area contributed by atoms with E-state index in [1.807, 2.05) is 0 Å². The minimum absolute atomic E-state index is 0.144. The van der Waals surface area contributed by atoms with Crippen molar-refractivity contribution in [3.05, 3.63) is 29.3 Å². The summed E-state index contributed by atoms with van der Waals surface area (Å²) in [6.45, 7) is 1.64. The van der Waals surface area contributed by atoms with Crippen LogP contribution in [-0.2, 0) is 10.0 Å². The number of carbonyl (C=O) groups excluding carboxylic acids is 1. The van der Waals surface area contributed by atoms with E-state index in [0.29, 0.717) is 5.69 Å². The molecule has 0 unspecified atom stereocenters. The molecule has 13 heteroatoms. The van der Waals surface area contributed by atoms with Gasteiger partial charge in [-0.3, -0.25) is 9.72 Å². The van der Waals surface area contributed by atoms with Gasteiger partial charge in [-0.25, -0.2) is 14.5 Å². The van der Waals surface area contributed by atoms with Crippen molar-refractivity contribution in [1.29, 1.82) is 0 Å². The number of anilines is 1. The Labute approximate surface area is 144 Å². The number of hydrogen-bond donors (Lipinski definition) is 2. The second-order valence-corrected chi connectivity index (χ2v) is 7.17. The number of sulfonamides is 1. The summed E-state index contributed by atoms with van der Waals surface area (Å²) in [5.41, 5.74) is 0.492. The third kappa shape index (κ3) is 3.36. The third-order valence-corrected chi connectivity index (χ3v) is 5.01. The fourth-order valence-corrected chi connectivity index (χ4v) is 3.80. The van der Waals surface area contributed by atoms with Gasteiger partial charge in [0.05, 0.1) is 7.11 Å². The zero-order valence-corrected chi connectivity index (χ0v) is 14.5. The average molecular weight is 386 g/mol. The molecule has 0 atom stereocenters. The molecular formula is C12H11FN6O4S2. The Morgan fingerprint density at radius 3 is 2.84 bits per heavy atom. The molecule has 0 spiro atoms. The maximum Gasteiger partial charge on any atom is 0.335 e. The largest absolute Gasteiger partial charge is 0.481 e. The van der Waals surface area contributed by atoms with Gasteiger partial charge < -0.3 is 4.74 Å². The van der Waals surface area contributed by atoms with Crippen LogP contribution >= 0.6 is 11.3 Å². The molecule has 0 bridgehead atoms. The minimum Gasteiger partial charge on any atom is -0.481 e. The fourth-order valence-electron chi connectivity index (χ4n) is 1.98. The number of hydrogen-bond acceptors (Lipinski definition) is 8. The van der Waals surface area contributed by atoms with Crippen LogP contribution < -0.4 is 14.8 Å². The van der Waals surface area contributed by atoms with Crippen molar-refractivity contribution in [2.75, 3.05) is 12.4 Å². The van der Waals surface area contributed by atoms with Crippen molar-refractivity contribution < 1.29 is 22.3 Å². The van der Waals surface area contributed by atoms with Crippen molar-refractivity contribution in [2.24, 2.45) is 0 Å². The molecule has 3 heterocycles. The third-order valence-electron chi connectivity index (χ3n) is 2.93. The van der Waals surface area contributed by atoms with E-state index in [-0.39, 0.29) is 16.8 Å². The quantitative estimate of drug-likeness (QED) is 0.688. The molecule has 25 heavy (non-hydrogen) atoms. The van der Waals surface area contributed by atoms with E-state index in [4.69, 9.17) is 4.74 Å². The number of ether oxygens (including phenoxy) is 1. The fraction of sp³-hybridized carbons (Fsp3) is 0.167. The Balaban J connectivity index is 1.84. The van der Waals surface area contributed by atoms with Crippen molar-refractivity contribution >= 4 is 38.3 Å². The molecule has 0 saturated carbocycles. The summed E-state index contributed by atoms with van der Waals surface area (Å²) in [5.74, 6) is -1.19. The molecule has 3 aromatic rings. The Morgan fingerprint density at radius 1 is 1.36 bits per heavy atom. The first-order chi connectivity index (χ1) is 11.8. The Hall–Kier alpha value is -2.80. The van der Waals surface area contributed by atoms with Crippen LogP contribution in [0.15, 0.2) is 22.7 Å². The highest BCUT2D eigenvalue weighted by Crippen LogP contribution is 2.20. The molecular weight excluding hydrogens is 375 g/mol. The molecule has 2 N–H and O–H groups in total. The molecule has 0 fully saturated rings. The number of urea groups is 1. The second kappa shape index (κ2) is 6.25. The number of nitrogens with zero attached hydrogens (tertiary/aromatic N) is 4. The molecule has 132 valence electrons. The topological polar surface area (TPSA) is 128 Å². The van der Waals surface area contributed by atoms with Crippen LogP contribution in [0.5, 0.6) is 5.88 Å². The summed E-state index contributed by atoms with van der Waals surface area (Å²) in [4.78, 5) is 23.4. The van der Waals surface area contributed by atoms with Crippen LogP contribution in [0.25, 0.3) is 4.96 Å². The van der Waals surface area contributed by atoms with E-state index in [9.17, 15) is 17.6 Å². The number of aryl methyl sites for hydroxylation is 1. The van der Waals surface area contributed by atoms with Crippen LogP contribution in [-0.4, -0.2) is 40.9 Å². The number of nitrogens with one attached hydrogen (secondary N) is 2. The van der Waals surface area contributed by atoms with Gasteiger partial charge >= 0.3 is 6.03 Å². The maximum atomic E-state index is 13.8. The Bertz CT molecular complexity index is 1060. The molecule has 0 radical (unpaired) electrons. The predicted octanol–water partition coefficient (Wildman–Crippen LogP) is 1.15. The highest BCUT2D eigenvalue weighted by molar-refractivity contribution is 7.90. The van der Waals surface area contributed by atoms with Crippen LogP contribution in [0.2, 0.25) is 0 Å². The number of fused-ring (bicyclic) bond motifs is 1. The summed E-state index contributed by atoms with van der Waals surface area (Å²) in [7, 11) is -3.13. The normalized spacial score (nSPS) is 11.5. The number of imidazole rings is 1. The number of halogens is 1. The van der Waals surface area contributed by atoms with E-state index >= 15 is 0 Å². The number of aromatic nitrogens is 4. The summed E-state index contributed by atoms with van der Waals surface area (Å²) in [6, 6.07) is 0.367. The summed E-state index contributed by atoms with van der Waals surface area (Å²) in [6.07, 6.45) is 1.33. The van der Waals surface area contributed by atoms with Gasteiger partial charge in [0.15, 0.2) is 4.96 Å². The molecule has 3 rings (SSSR count). The molecule has 2 amide bonds. The molecule has 3 aromatic heterocycles. The molecule has 0 aliphatic rings. The summed E-state index contributed by atoms with van der Waals surface area (Å²) in [5, 5.41) is 2.93. The second-order valence-electron chi connectivity index (χ2n) is 4.70. The minimum atomic E-state index is -4.51. The first-order valence-corrected chi connectivity index (χ1v) is 9.01. The number of rotatable bonds is 4. The van der Waals surface area contributed by atoms with Crippen LogP contribution in [0.4, 0.5) is 15.1 Å². The van der Waals surface area contributed by atoms with Crippen molar-refractivity contribution in [2.45, 2.75) is 11.9 Å². The zero-order chi connectivity index (χ0) is 18.2. The molecule has 0 aliphatic carbocycles. The van der Waals surface area contributed by atoms with Gasteiger partial charge in [0.1, 0.15) is 0 Å². The molecule has 0 saturated heterocycles. The first kappa shape index (κ1) is 17.0. The van der Waals surface area contributed by atoms with Crippen molar-refractivity contribution in [3.63, 3.8) is 0 Å². The van der Waals surface area contributed by atoms with E-state index < -0.39 is 27.0 Å². The standard InChI is InChI=1S/C12H11FN6O4S2/c1-6-5-7(23-2)15-10(14-6)17-11(20)18-25(21,22)9-8(13)16-12-19(9)3-4-24-12/h3-5H,1-2H3,(H2,14,15,17,18,20). The Kier molecular flexibility index (Phi) is 4.26. The van der Waals surface area contributed by atoms with Gasteiger partial charge in [-0.1, -0.05) is 0 Å². The van der Waals surface area contributed by atoms with Crippen LogP contribution in [0.1, 0.15) is 5.69 Å².